The molecule has 0 fully saturated rings. The number of aryl methyl sites for hydroxylation is 1. The monoisotopic (exact) mass is 488 g/mol. The van der Waals surface area contributed by atoms with Crippen molar-refractivity contribution in [3.05, 3.63) is 88.8 Å². The van der Waals surface area contributed by atoms with Crippen molar-refractivity contribution in [3.63, 3.8) is 0 Å². The molecule has 0 aliphatic carbocycles. The van der Waals surface area contributed by atoms with Crippen LogP contribution in [0.4, 0.5) is 0 Å². The molecule has 4 aromatic rings. The Bertz CT molecular complexity index is 1340. The van der Waals surface area contributed by atoms with E-state index in [2.05, 4.69) is 10.3 Å². The van der Waals surface area contributed by atoms with Crippen LogP contribution in [0.25, 0.3) is 22.3 Å². The van der Waals surface area contributed by atoms with E-state index in [1.165, 1.54) is 0 Å². The van der Waals surface area contributed by atoms with Crippen molar-refractivity contribution in [2.24, 2.45) is 0 Å². The predicted octanol–water partition coefficient (Wildman–Crippen LogP) is 5.63. The molecular weight excluding hydrogens is 464 g/mol. The highest BCUT2D eigenvalue weighted by atomic mass is 35.5. The predicted molar refractivity (Wildman–Crippen MR) is 135 cm³/mol. The van der Waals surface area contributed by atoms with Gasteiger partial charge in [0.1, 0.15) is 0 Å². The normalized spacial score (nSPS) is 11.8. The molecule has 0 aliphatic rings. The summed E-state index contributed by atoms with van der Waals surface area (Å²) in [4.78, 5) is 37.6. The molecule has 2 N–H and O–H groups in total. The number of benzene rings is 2. The number of hydrogen-bond donors (Lipinski definition) is 2. The summed E-state index contributed by atoms with van der Waals surface area (Å²) < 4.78 is 0. The number of unbranched alkanes of at least 4 members (excludes halogenated alkanes) is 1. The second-order valence-corrected chi connectivity index (χ2v) is 8.75. The number of aliphatic carboxylic acids is 1. The van der Waals surface area contributed by atoms with Gasteiger partial charge in [-0.15, -0.1) is 0 Å². The molecule has 1 unspecified atom stereocenters. The third kappa shape index (κ3) is 6.19. The van der Waals surface area contributed by atoms with Gasteiger partial charge < -0.3 is 10.4 Å². The molecule has 178 valence electrons. The molecule has 0 radical (unpaired) electrons. The van der Waals surface area contributed by atoms with Crippen molar-refractivity contribution in [1.82, 2.24) is 20.3 Å². The fourth-order valence-corrected chi connectivity index (χ4v) is 3.94. The summed E-state index contributed by atoms with van der Waals surface area (Å²) in [6.45, 7) is 1.91. The number of aromatic nitrogens is 3. The van der Waals surface area contributed by atoms with Crippen molar-refractivity contribution >= 4 is 34.5 Å². The topological polar surface area (TPSA) is 105 Å². The molecule has 7 nitrogen and oxygen atoms in total. The summed E-state index contributed by atoms with van der Waals surface area (Å²) in [5.41, 5.74) is 5.04. The van der Waals surface area contributed by atoms with Gasteiger partial charge in [0.05, 0.1) is 28.5 Å². The van der Waals surface area contributed by atoms with Crippen LogP contribution in [0.5, 0.6) is 0 Å². The number of carboxylic acids is 1. The number of hydrogen-bond acceptors (Lipinski definition) is 5. The SMILES string of the molecule is CC(NC(=O)c1ccc2nc(-c3ccc(Cl)cc3)c(CCCCC(=O)O)nc2c1)c1cccnc1. The number of carboxylic acid groups (broad SMARTS) is 1. The van der Waals surface area contributed by atoms with Crippen LogP contribution in [-0.4, -0.2) is 31.9 Å². The summed E-state index contributed by atoms with van der Waals surface area (Å²) in [5.74, 6) is -1.03. The summed E-state index contributed by atoms with van der Waals surface area (Å²) >= 11 is 6.06. The van der Waals surface area contributed by atoms with Gasteiger partial charge in [-0.2, -0.15) is 0 Å². The van der Waals surface area contributed by atoms with Gasteiger partial charge in [-0.1, -0.05) is 29.8 Å². The largest absolute Gasteiger partial charge is 0.481 e. The van der Waals surface area contributed by atoms with Crippen LogP contribution in [0.15, 0.2) is 67.0 Å². The average molecular weight is 489 g/mol. The van der Waals surface area contributed by atoms with Crippen LogP contribution < -0.4 is 5.32 Å². The maximum atomic E-state index is 12.9. The lowest BCUT2D eigenvalue weighted by Crippen LogP contribution is -2.26. The van der Waals surface area contributed by atoms with E-state index in [9.17, 15) is 9.59 Å². The standard InChI is InChI=1S/C27H25ClN4O3/c1-17(20-5-4-14-29-16-20)30-27(35)19-10-13-22-24(15-19)31-23(6-2-3-7-25(33)34)26(32-22)18-8-11-21(28)12-9-18/h4-5,8-17H,2-3,6-7H2,1H3,(H,30,35)(H,33,34). The maximum Gasteiger partial charge on any atom is 0.303 e. The molecule has 2 heterocycles. The first kappa shape index (κ1) is 24.3. The van der Waals surface area contributed by atoms with Gasteiger partial charge in [0.25, 0.3) is 5.91 Å². The van der Waals surface area contributed by atoms with Crippen molar-refractivity contribution in [2.45, 2.75) is 38.6 Å². The van der Waals surface area contributed by atoms with E-state index >= 15 is 0 Å². The summed E-state index contributed by atoms with van der Waals surface area (Å²) in [5, 5.41) is 12.6. The second-order valence-electron chi connectivity index (χ2n) is 8.31. The van der Waals surface area contributed by atoms with Gasteiger partial charge in [-0.3, -0.25) is 14.6 Å². The van der Waals surface area contributed by atoms with Crippen LogP contribution in [0.2, 0.25) is 5.02 Å². The number of amides is 1. The van der Waals surface area contributed by atoms with E-state index < -0.39 is 5.97 Å². The minimum absolute atomic E-state index is 0.108. The molecule has 35 heavy (non-hydrogen) atoms. The molecule has 1 atom stereocenters. The summed E-state index contributed by atoms with van der Waals surface area (Å²) in [6.07, 6.45) is 5.31. The van der Waals surface area contributed by atoms with Gasteiger partial charge in [-0.05, 0) is 68.1 Å². The highest BCUT2D eigenvalue weighted by Crippen LogP contribution is 2.27. The first-order valence-electron chi connectivity index (χ1n) is 11.4. The number of fused-ring (bicyclic) bond motifs is 1. The van der Waals surface area contributed by atoms with Gasteiger partial charge in [0.2, 0.25) is 0 Å². The highest BCUT2D eigenvalue weighted by molar-refractivity contribution is 6.30. The minimum atomic E-state index is -0.816. The molecule has 4 rings (SSSR count). The molecular formula is C27H25ClN4O3. The molecule has 2 aromatic carbocycles. The number of nitrogens with one attached hydrogen (secondary N) is 1. The zero-order chi connectivity index (χ0) is 24.8. The van der Waals surface area contributed by atoms with E-state index in [0.717, 1.165) is 22.5 Å². The molecule has 0 saturated heterocycles. The average Bonchev–Trinajstić information content (AvgIpc) is 2.86. The molecule has 0 aliphatic heterocycles. The number of pyridine rings is 1. The maximum absolute atomic E-state index is 12.9. The smallest absolute Gasteiger partial charge is 0.303 e. The minimum Gasteiger partial charge on any atom is -0.481 e. The zero-order valence-corrected chi connectivity index (χ0v) is 20.0. The van der Waals surface area contributed by atoms with Crippen LogP contribution in [-0.2, 0) is 11.2 Å². The highest BCUT2D eigenvalue weighted by Gasteiger charge is 2.15. The first-order valence-corrected chi connectivity index (χ1v) is 11.8. The Labute approximate surface area is 208 Å². The quantitative estimate of drug-likeness (QED) is 0.296. The third-order valence-corrected chi connectivity index (χ3v) is 5.95. The van der Waals surface area contributed by atoms with Crippen LogP contribution >= 0.6 is 11.6 Å². The Hall–Kier alpha value is -3.84. The summed E-state index contributed by atoms with van der Waals surface area (Å²) in [6, 6.07) is 16.2. The van der Waals surface area contributed by atoms with Crippen molar-refractivity contribution < 1.29 is 14.7 Å². The molecule has 8 heteroatoms. The summed E-state index contributed by atoms with van der Waals surface area (Å²) in [7, 11) is 0. The Morgan fingerprint density at radius 2 is 1.83 bits per heavy atom. The lowest BCUT2D eigenvalue weighted by molar-refractivity contribution is -0.137. The third-order valence-electron chi connectivity index (χ3n) is 5.70. The Morgan fingerprint density at radius 1 is 1.03 bits per heavy atom. The Morgan fingerprint density at radius 3 is 2.54 bits per heavy atom. The fourth-order valence-electron chi connectivity index (χ4n) is 3.81. The number of nitrogens with zero attached hydrogens (tertiary/aromatic N) is 3. The Kier molecular flexibility index (Phi) is 7.67. The fraction of sp³-hybridized carbons (Fsp3) is 0.222. The lowest BCUT2D eigenvalue weighted by atomic mass is 10.0. The van der Waals surface area contributed by atoms with E-state index in [4.69, 9.17) is 26.7 Å². The molecule has 0 saturated carbocycles. The zero-order valence-electron chi connectivity index (χ0n) is 19.2. The molecule has 2 aromatic heterocycles. The molecule has 0 spiro atoms. The lowest BCUT2D eigenvalue weighted by Gasteiger charge is -2.14. The van der Waals surface area contributed by atoms with Crippen molar-refractivity contribution in [1.29, 1.82) is 0 Å². The van der Waals surface area contributed by atoms with E-state index in [-0.39, 0.29) is 18.4 Å². The van der Waals surface area contributed by atoms with Gasteiger partial charge >= 0.3 is 5.97 Å². The number of rotatable bonds is 9. The van der Waals surface area contributed by atoms with Crippen molar-refractivity contribution in [2.75, 3.05) is 0 Å². The first-order chi connectivity index (χ1) is 16.9. The van der Waals surface area contributed by atoms with Gasteiger partial charge in [0.15, 0.2) is 0 Å². The van der Waals surface area contributed by atoms with Crippen LogP contribution in [0.3, 0.4) is 0 Å². The number of carbonyl (C=O) groups excluding carboxylic acids is 1. The van der Waals surface area contributed by atoms with Gasteiger partial charge in [0, 0.05) is 35.0 Å². The molecule has 1 amide bonds. The van der Waals surface area contributed by atoms with E-state index in [1.54, 1.807) is 42.7 Å². The molecule has 0 bridgehead atoms. The number of carbonyl (C=O) groups is 2. The van der Waals surface area contributed by atoms with Gasteiger partial charge in [-0.25, -0.2) is 9.97 Å². The Balaban J connectivity index is 1.63. The van der Waals surface area contributed by atoms with Crippen molar-refractivity contribution in [3.8, 4) is 11.3 Å². The van der Waals surface area contributed by atoms with Crippen LogP contribution in [0, 0.1) is 0 Å². The number of halogens is 1. The van der Waals surface area contributed by atoms with E-state index in [0.29, 0.717) is 40.9 Å². The van der Waals surface area contributed by atoms with Crippen LogP contribution in [0.1, 0.15) is 53.8 Å². The second kappa shape index (κ2) is 11.1. The van der Waals surface area contributed by atoms with E-state index in [1.807, 2.05) is 31.2 Å².